The number of unbranched alkanes of at least 4 members (excludes halogenated alkanes) is 7. The Morgan fingerprint density at radius 1 is 0.800 bits per heavy atom. The predicted octanol–water partition coefficient (Wildman–Crippen LogP) is 5.59. The normalized spacial score (nSPS) is 12.0. The first kappa shape index (κ1) is 16.1. The molecular formula is C11H24Cl2SSi. The number of hydrogen-bond acceptors (Lipinski definition) is 1. The third-order valence-corrected chi connectivity index (χ3v) is 5.21. The van der Waals surface area contributed by atoms with Gasteiger partial charge in [0.2, 0.25) is 6.69 Å². The molecule has 0 saturated carbocycles. The Hall–Kier alpha value is 1.15. The lowest BCUT2D eigenvalue weighted by atomic mass is 10.1. The van der Waals surface area contributed by atoms with Crippen LogP contribution in [0.5, 0.6) is 0 Å². The van der Waals surface area contributed by atoms with Crippen molar-refractivity contribution in [3.63, 3.8) is 0 Å². The molecule has 0 fully saturated rings. The summed E-state index contributed by atoms with van der Waals surface area (Å²) in [5, 5.41) is 0. The Morgan fingerprint density at radius 3 is 1.60 bits per heavy atom. The van der Waals surface area contributed by atoms with Gasteiger partial charge in [-0.15, -0.1) is 22.2 Å². The highest BCUT2D eigenvalue weighted by Crippen LogP contribution is 2.23. The van der Waals surface area contributed by atoms with Gasteiger partial charge in [-0.25, -0.2) is 0 Å². The summed E-state index contributed by atoms with van der Waals surface area (Å²) in [5.41, 5.74) is 0. The molecule has 92 valence electrons. The second kappa shape index (κ2) is 10.3. The van der Waals surface area contributed by atoms with E-state index in [1.54, 1.807) is 0 Å². The van der Waals surface area contributed by atoms with Crippen molar-refractivity contribution in [2.24, 2.45) is 0 Å². The van der Waals surface area contributed by atoms with Crippen LogP contribution in [0, 0.1) is 0 Å². The molecule has 0 aliphatic carbocycles. The average molecular weight is 287 g/mol. The molecule has 0 nitrogen and oxygen atoms in total. The van der Waals surface area contributed by atoms with Crippen LogP contribution in [-0.2, 0) is 0 Å². The Morgan fingerprint density at radius 2 is 1.20 bits per heavy atom. The molecule has 0 aromatic rings. The van der Waals surface area contributed by atoms with Crippen LogP contribution in [0.25, 0.3) is 0 Å². The van der Waals surface area contributed by atoms with E-state index >= 15 is 0 Å². The van der Waals surface area contributed by atoms with Crippen molar-refractivity contribution in [1.29, 1.82) is 0 Å². The van der Waals surface area contributed by atoms with E-state index in [0.717, 1.165) is 11.8 Å². The van der Waals surface area contributed by atoms with E-state index in [2.05, 4.69) is 12.6 Å². The smallest absolute Gasteiger partial charge is 0.179 e. The van der Waals surface area contributed by atoms with Gasteiger partial charge in [-0.05, 0) is 24.8 Å². The molecule has 15 heavy (non-hydrogen) atoms. The molecule has 0 aromatic carbocycles. The summed E-state index contributed by atoms with van der Waals surface area (Å²) in [4.78, 5) is 0. The highest BCUT2D eigenvalue weighted by atomic mass is 35.7. The molecule has 4 heteroatoms. The molecule has 0 rings (SSSR count). The molecule has 0 atom stereocenters. The van der Waals surface area contributed by atoms with Gasteiger partial charge in [-0.1, -0.05) is 44.9 Å². The summed E-state index contributed by atoms with van der Waals surface area (Å²) in [7, 11) is 0. The van der Waals surface area contributed by atoms with E-state index in [-0.39, 0.29) is 0 Å². The van der Waals surface area contributed by atoms with Crippen LogP contribution in [-0.4, -0.2) is 12.4 Å². The molecule has 0 aliphatic rings. The number of halogens is 2. The fraction of sp³-hybridized carbons (Fsp3) is 1.00. The van der Waals surface area contributed by atoms with Crippen LogP contribution in [0.1, 0.15) is 51.4 Å². The molecule has 0 bridgehead atoms. The fourth-order valence-electron chi connectivity index (χ4n) is 1.61. The van der Waals surface area contributed by atoms with Gasteiger partial charge in [0.25, 0.3) is 0 Å². The van der Waals surface area contributed by atoms with Crippen molar-refractivity contribution in [2.75, 3.05) is 5.75 Å². The second-order valence-corrected chi connectivity index (χ2v) is 13.0. The Labute approximate surface area is 111 Å². The van der Waals surface area contributed by atoms with Gasteiger partial charge in [0.15, 0.2) is 0 Å². The molecule has 0 spiro atoms. The summed E-state index contributed by atoms with van der Waals surface area (Å²) in [6.45, 7) is 0.200. The van der Waals surface area contributed by atoms with Gasteiger partial charge in [-0.2, -0.15) is 12.6 Å². The van der Waals surface area contributed by atoms with Gasteiger partial charge in [0, 0.05) is 0 Å². The van der Waals surface area contributed by atoms with E-state index in [1.165, 1.54) is 51.4 Å². The van der Waals surface area contributed by atoms with Crippen molar-refractivity contribution in [2.45, 2.75) is 64.0 Å². The van der Waals surface area contributed by atoms with Crippen LogP contribution >= 0.6 is 34.8 Å². The maximum Gasteiger partial charge on any atom is 0.248 e. The largest absolute Gasteiger partial charge is 0.248 e. The lowest BCUT2D eigenvalue weighted by Crippen LogP contribution is -2.11. The molecule has 0 N–H and O–H groups in total. The zero-order valence-electron chi connectivity index (χ0n) is 9.77. The van der Waals surface area contributed by atoms with E-state index in [9.17, 15) is 0 Å². The Kier molecular flexibility index (Phi) is 11.1. The molecule has 0 aromatic heterocycles. The second-order valence-electron chi connectivity index (χ2n) is 4.37. The van der Waals surface area contributed by atoms with Gasteiger partial charge in [0.1, 0.15) is 0 Å². The molecule has 0 aliphatic heterocycles. The lowest BCUT2D eigenvalue weighted by Gasteiger charge is -2.08. The summed E-state index contributed by atoms with van der Waals surface area (Å²) < 4.78 is 0. The minimum Gasteiger partial charge on any atom is -0.179 e. The minimum absolute atomic E-state index is 1.04. The average Bonchev–Trinajstić information content (AvgIpc) is 2.14. The SMILES string of the molecule is C[Si](Cl)(Cl)CCCCCCCCCCS. The summed E-state index contributed by atoms with van der Waals surface area (Å²) in [6.07, 6.45) is 10.6. The highest BCUT2D eigenvalue weighted by Gasteiger charge is 2.19. The summed E-state index contributed by atoms with van der Waals surface area (Å²) >= 11 is 16.3. The Balaban J connectivity index is 2.99. The standard InChI is InChI=1S/C11H24Cl2SSi/c1-15(12,13)11-9-7-5-3-2-4-6-8-10-14/h14H,2-11H2,1H3. The molecule has 0 heterocycles. The number of thiol groups is 1. The van der Waals surface area contributed by atoms with Crippen LogP contribution in [0.15, 0.2) is 0 Å². The third kappa shape index (κ3) is 15.1. The first-order chi connectivity index (χ1) is 7.06. The predicted molar refractivity (Wildman–Crippen MR) is 78.9 cm³/mol. The van der Waals surface area contributed by atoms with Crippen molar-refractivity contribution in [1.82, 2.24) is 0 Å². The van der Waals surface area contributed by atoms with E-state index < -0.39 is 6.69 Å². The fourth-order valence-corrected chi connectivity index (χ4v) is 3.50. The zero-order valence-corrected chi connectivity index (χ0v) is 13.2. The third-order valence-electron chi connectivity index (χ3n) is 2.52. The maximum absolute atomic E-state index is 6.03. The van der Waals surface area contributed by atoms with Crippen molar-refractivity contribution < 1.29 is 0 Å². The van der Waals surface area contributed by atoms with Gasteiger partial charge in [-0.3, -0.25) is 0 Å². The van der Waals surface area contributed by atoms with Gasteiger partial charge < -0.3 is 0 Å². The van der Waals surface area contributed by atoms with Crippen LogP contribution in [0.3, 0.4) is 0 Å². The summed E-state index contributed by atoms with van der Waals surface area (Å²) in [5.74, 6) is 1.04. The Bertz CT molecular complexity index is 137. The minimum atomic E-state index is -1.81. The maximum atomic E-state index is 6.03. The molecule has 0 radical (unpaired) electrons. The molecule has 0 saturated heterocycles. The van der Waals surface area contributed by atoms with Crippen LogP contribution in [0.2, 0.25) is 12.6 Å². The molecule has 0 unspecified atom stereocenters. The van der Waals surface area contributed by atoms with Gasteiger partial charge >= 0.3 is 0 Å². The lowest BCUT2D eigenvalue weighted by molar-refractivity contribution is 0.586. The quantitative estimate of drug-likeness (QED) is 0.230. The number of rotatable bonds is 10. The van der Waals surface area contributed by atoms with E-state index in [0.29, 0.717) is 0 Å². The number of hydrogen-bond donors (Lipinski definition) is 1. The van der Waals surface area contributed by atoms with Crippen molar-refractivity contribution >= 4 is 41.5 Å². The van der Waals surface area contributed by atoms with Crippen LogP contribution < -0.4 is 0 Å². The first-order valence-electron chi connectivity index (χ1n) is 6.05. The summed E-state index contributed by atoms with van der Waals surface area (Å²) in [6, 6.07) is 1.05. The van der Waals surface area contributed by atoms with Crippen LogP contribution in [0.4, 0.5) is 0 Å². The first-order valence-corrected chi connectivity index (χ1v) is 11.4. The van der Waals surface area contributed by atoms with Gasteiger partial charge in [0.05, 0.1) is 0 Å². The highest BCUT2D eigenvalue weighted by molar-refractivity contribution is 7.80. The monoisotopic (exact) mass is 286 g/mol. The van der Waals surface area contributed by atoms with Crippen molar-refractivity contribution in [3.8, 4) is 0 Å². The zero-order chi connectivity index (χ0) is 11.6. The molecular weight excluding hydrogens is 263 g/mol. The van der Waals surface area contributed by atoms with E-state index in [4.69, 9.17) is 22.2 Å². The van der Waals surface area contributed by atoms with Crippen molar-refractivity contribution in [3.05, 3.63) is 0 Å². The topological polar surface area (TPSA) is 0 Å². The van der Waals surface area contributed by atoms with E-state index in [1.807, 2.05) is 6.55 Å². The molecule has 0 amide bonds.